The third kappa shape index (κ3) is 3.37. The molecule has 0 aromatic heterocycles. The number of rotatable bonds is 2. The van der Waals surface area contributed by atoms with Gasteiger partial charge in [-0.25, -0.2) is 4.79 Å². The van der Waals surface area contributed by atoms with Crippen molar-refractivity contribution >= 4 is 30.3 Å². The summed E-state index contributed by atoms with van der Waals surface area (Å²) in [6.07, 6.45) is 0.939. The summed E-state index contributed by atoms with van der Waals surface area (Å²) in [4.78, 5) is 37.6. The molecule has 0 spiro atoms. The molecule has 0 saturated carbocycles. The van der Waals surface area contributed by atoms with Crippen LogP contribution < -0.4 is 16.0 Å². The molecule has 7 nitrogen and oxygen atoms in total. The zero-order chi connectivity index (χ0) is 16.4. The summed E-state index contributed by atoms with van der Waals surface area (Å²) < 4.78 is 0. The predicted molar refractivity (Wildman–Crippen MR) is 91.1 cm³/mol. The lowest BCUT2D eigenvalue weighted by Gasteiger charge is -2.23. The minimum absolute atomic E-state index is 0. The summed E-state index contributed by atoms with van der Waals surface area (Å²) in [5, 5.41) is 8.11. The van der Waals surface area contributed by atoms with Crippen molar-refractivity contribution in [1.82, 2.24) is 20.9 Å². The van der Waals surface area contributed by atoms with Crippen LogP contribution in [0.5, 0.6) is 0 Å². The first-order chi connectivity index (χ1) is 11.0. The van der Waals surface area contributed by atoms with Crippen molar-refractivity contribution in [2.24, 2.45) is 0 Å². The Kier molecular flexibility index (Phi) is 5.46. The second-order valence-corrected chi connectivity index (χ2v) is 6.01. The monoisotopic (exact) mass is 352 g/mol. The van der Waals surface area contributed by atoms with Crippen molar-refractivity contribution in [2.75, 3.05) is 26.2 Å². The van der Waals surface area contributed by atoms with E-state index >= 15 is 0 Å². The number of nitrogens with zero attached hydrogens (tertiary/aromatic N) is 1. The number of carbonyl (C=O) groups is 3. The van der Waals surface area contributed by atoms with E-state index in [1.165, 1.54) is 0 Å². The number of amides is 4. The van der Waals surface area contributed by atoms with E-state index in [1.54, 1.807) is 31.2 Å². The Hall–Kier alpha value is -2.12. The lowest BCUT2D eigenvalue weighted by Crippen LogP contribution is -2.40. The molecule has 1 aromatic rings. The molecule has 0 radical (unpaired) electrons. The van der Waals surface area contributed by atoms with E-state index in [2.05, 4.69) is 16.0 Å². The van der Waals surface area contributed by atoms with Crippen LogP contribution in [-0.4, -0.2) is 48.9 Å². The Morgan fingerprint density at radius 2 is 1.83 bits per heavy atom. The van der Waals surface area contributed by atoms with Crippen molar-refractivity contribution < 1.29 is 14.4 Å². The molecule has 2 aliphatic heterocycles. The largest absolute Gasteiger partial charge is 0.337 e. The van der Waals surface area contributed by atoms with Crippen LogP contribution in [-0.2, 0) is 10.3 Å². The zero-order valence-electron chi connectivity index (χ0n) is 13.4. The van der Waals surface area contributed by atoms with Gasteiger partial charge in [0, 0.05) is 25.2 Å². The molecule has 2 aliphatic rings. The van der Waals surface area contributed by atoms with Gasteiger partial charge in [0.15, 0.2) is 0 Å². The number of carbonyl (C=O) groups excluding carboxylic acids is 3. The van der Waals surface area contributed by atoms with Gasteiger partial charge in [0.2, 0.25) is 0 Å². The maximum atomic E-state index is 12.5. The smallest absolute Gasteiger partial charge is 0.322 e. The lowest BCUT2D eigenvalue weighted by atomic mass is 9.91. The fraction of sp³-hybridized carbons (Fsp3) is 0.438. The number of halogens is 1. The summed E-state index contributed by atoms with van der Waals surface area (Å²) >= 11 is 0. The van der Waals surface area contributed by atoms with Gasteiger partial charge in [0.25, 0.3) is 11.8 Å². The van der Waals surface area contributed by atoms with E-state index in [9.17, 15) is 14.4 Å². The van der Waals surface area contributed by atoms with Crippen LogP contribution in [0.1, 0.15) is 29.3 Å². The van der Waals surface area contributed by atoms with Crippen LogP contribution in [0.2, 0.25) is 0 Å². The molecule has 1 aromatic carbocycles. The van der Waals surface area contributed by atoms with Crippen molar-refractivity contribution in [3.8, 4) is 0 Å². The molecular weight excluding hydrogens is 332 g/mol. The summed E-state index contributed by atoms with van der Waals surface area (Å²) in [6, 6.07) is 6.34. The van der Waals surface area contributed by atoms with Crippen molar-refractivity contribution in [1.29, 1.82) is 0 Å². The van der Waals surface area contributed by atoms with Gasteiger partial charge in [-0.3, -0.25) is 14.9 Å². The number of nitrogens with one attached hydrogen (secondary N) is 3. The van der Waals surface area contributed by atoms with E-state index in [0.29, 0.717) is 17.7 Å². The highest BCUT2D eigenvalue weighted by Crippen LogP contribution is 2.24. The molecule has 0 aliphatic carbocycles. The van der Waals surface area contributed by atoms with E-state index in [4.69, 9.17) is 0 Å². The van der Waals surface area contributed by atoms with E-state index in [1.807, 2.05) is 4.90 Å². The minimum Gasteiger partial charge on any atom is -0.337 e. The Labute approximate surface area is 146 Å². The van der Waals surface area contributed by atoms with Gasteiger partial charge in [-0.2, -0.15) is 0 Å². The molecular formula is C16H21ClN4O3. The van der Waals surface area contributed by atoms with Gasteiger partial charge >= 0.3 is 6.03 Å². The second kappa shape index (κ2) is 7.19. The van der Waals surface area contributed by atoms with Crippen LogP contribution in [0.3, 0.4) is 0 Å². The number of urea groups is 1. The van der Waals surface area contributed by atoms with Gasteiger partial charge < -0.3 is 15.5 Å². The molecule has 3 N–H and O–H groups in total. The third-order valence-corrected chi connectivity index (χ3v) is 4.38. The topological polar surface area (TPSA) is 90.5 Å². The Bertz CT molecular complexity index is 641. The average molecular weight is 353 g/mol. The van der Waals surface area contributed by atoms with Crippen LogP contribution in [0.4, 0.5) is 4.79 Å². The van der Waals surface area contributed by atoms with Crippen molar-refractivity contribution in [3.05, 3.63) is 35.4 Å². The molecule has 4 amide bonds. The number of imide groups is 1. The van der Waals surface area contributed by atoms with Gasteiger partial charge in [-0.1, -0.05) is 12.1 Å². The molecule has 1 unspecified atom stereocenters. The van der Waals surface area contributed by atoms with Gasteiger partial charge in [-0.05, 0) is 37.6 Å². The molecule has 24 heavy (non-hydrogen) atoms. The normalized spacial score (nSPS) is 23.8. The quantitative estimate of drug-likeness (QED) is 0.680. The number of benzene rings is 1. The van der Waals surface area contributed by atoms with Crippen LogP contribution >= 0.6 is 12.4 Å². The standard InChI is InChI=1S/C16H20N4O3.ClH/c1-16(14(22)18-15(23)19-16)12-5-3-11(4-6-12)13(21)20-9-2-7-17-8-10-20;/h3-6,17H,2,7-10H2,1H3,(H2,18,19,22,23);1H. The van der Waals surface area contributed by atoms with Crippen LogP contribution in [0, 0.1) is 0 Å². The van der Waals surface area contributed by atoms with Crippen LogP contribution in [0.15, 0.2) is 24.3 Å². The second-order valence-electron chi connectivity index (χ2n) is 6.01. The fourth-order valence-electron chi connectivity index (χ4n) is 2.92. The molecule has 3 rings (SSSR count). The summed E-state index contributed by atoms with van der Waals surface area (Å²) in [5.41, 5.74) is 0.143. The summed E-state index contributed by atoms with van der Waals surface area (Å²) in [7, 11) is 0. The first-order valence-electron chi connectivity index (χ1n) is 7.75. The van der Waals surface area contributed by atoms with E-state index in [-0.39, 0.29) is 24.2 Å². The highest BCUT2D eigenvalue weighted by Gasteiger charge is 2.43. The third-order valence-electron chi connectivity index (χ3n) is 4.38. The molecule has 0 bridgehead atoms. The zero-order valence-corrected chi connectivity index (χ0v) is 14.2. The van der Waals surface area contributed by atoms with E-state index in [0.717, 1.165) is 26.1 Å². The van der Waals surface area contributed by atoms with Gasteiger partial charge in [-0.15, -0.1) is 12.4 Å². The average Bonchev–Trinajstić information content (AvgIpc) is 2.75. The first-order valence-corrected chi connectivity index (χ1v) is 7.75. The molecule has 1 atom stereocenters. The summed E-state index contributed by atoms with van der Waals surface area (Å²) in [5.74, 6) is -0.398. The highest BCUT2D eigenvalue weighted by molar-refractivity contribution is 6.07. The Morgan fingerprint density at radius 3 is 2.46 bits per heavy atom. The van der Waals surface area contributed by atoms with Gasteiger partial charge in [0.1, 0.15) is 5.54 Å². The van der Waals surface area contributed by atoms with Crippen molar-refractivity contribution in [3.63, 3.8) is 0 Å². The minimum atomic E-state index is -1.09. The molecule has 2 saturated heterocycles. The predicted octanol–water partition coefficient (Wildman–Crippen LogP) is 0.598. The Morgan fingerprint density at radius 1 is 1.12 bits per heavy atom. The van der Waals surface area contributed by atoms with Gasteiger partial charge in [0.05, 0.1) is 0 Å². The first kappa shape index (κ1) is 18.2. The molecule has 2 heterocycles. The number of hydrogen-bond acceptors (Lipinski definition) is 4. The maximum absolute atomic E-state index is 12.5. The summed E-state index contributed by atoms with van der Waals surface area (Å²) in [6.45, 7) is 4.80. The molecule has 8 heteroatoms. The van der Waals surface area contributed by atoms with Crippen LogP contribution in [0.25, 0.3) is 0 Å². The molecule has 130 valence electrons. The SMILES string of the molecule is CC1(c2ccc(C(=O)N3CCCNCC3)cc2)NC(=O)NC1=O.Cl. The number of hydrogen-bond donors (Lipinski definition) is 3. The Balaban J connectivity index is 0.00000208. The molecule has 2 fully saturated rings. The maximum Gasteiger partial charge on any atom is 0.322 e. The lowest BCUT2D eigenvalue weighted by molar-refractivity contribution is -0.123. The highest BCUT2D eigenvalue weighted by atomic mass is 35.5. The van der Waals surface area contributed by atoms with Crippen molar-refractivity contribution in [2.45, 2.75) is 18.9 Å². The van der Waals surface area contributed by atoms with E-state index < -0.39 is 11.6 Å². The fourth-order valence-corrected chi connectivity index (χ4v) is 2.92.